The first kappa shape index (κ1) is 14.0. The smallest absolute Gasteiger partial charge is 0.337 e. The van der Waals surface area contributed by atoms with Crippen molar-refractivity contribution < 1.29 is 14.6 Å². The highest BCUT2D eigenvalue weighted by Gasteiger charge is 2.37. The number of rotatable bonds is 5. The molecule has 0 unspecified atom stereocenters. The quantitative estimate of drug-likeness (QED) is 0.724. The van der Waals surface area contributed by atoms with Crippen LogP contribution in [0.1, 0.15) is 29.6 Å². The molecule has 1 fully saturated rings. The molecule has 1 aliphatic carbocycles. The Labute approximate surface area is 116 Å². The summed E-state index contributed by atoms with van der Waals surface area (Å²) in [5.74, 6) is -1.06. The number of hydrogen-bond donors (Lipinski definition) is 3. The molecule has 0 saturated heterocycles. The van der Waals surface area contributed by atoms with E-state index in [1.54, 1.807) is 7.11 Å². The van der Waals surface area contributed by atoms with E-state index in [0.29, 0.717) is 22.9 Å². The zero-order chi connectivity index (χ0) is 14.0. The van der Waals surface area contributed by atoms with Gasteiger partial charge in [0, 0.05) is 19.3 Å². The third-order valence-electron chi connectivity index (χ3n) is 3.63. The summed E-state index contributed by atoms with van der Waals surface area (Å²) >= 11 is 6.07. The van der Waals surface area contributed by atoms with Crippen LogP contribution in [0.5, 0.6) is 0 Å². The van der Waals surface area contributed by atoms with Crippen molar-refractivity contribution in [2.24, 2.45) is 0 Å². The lowest BCUT2D eigenvalue weighted by Gasteiger charge is -2.40. The first-order valence-corrected chi connectivity index (χ1v) is 6.46. The maximum Gasteiger partial charge on any atom is 0.337 e. The number of aromatic carboxylic acids is 1. The van der Waals surface area contributed by atoms with Crippen LogP contribution in [0.15, 0.2) is 12.1 Å². The molecule has 0 amide bonds. The fourth-order valence-electron chi connectivity index (χ4n) is 2.25. The third kappa shape index (κ3) is 2.77. The summed E-state index contributed by atoms with van der Waals surface area (Å²) in [6, 6.07) is 2.94. The van der Waals surface area contributed by atoms with E-state index in [9.17, 15) is 9.90 Å². The van der Waals surface area contributed by atoms with Crippen LogP contribution in [0.3, 0.4) is 0 Å². The van der Waals surface area contributed by atoms with Crippen LogP contribution in [0.25, 0.3) is 0 Å². The lowest BCUT2D eigenvalue weighted by molar-refractivity contribution is -0.0601. The van der Waals surface area contributed by atoms with Gasteiger partial charge < -0.3 is 20.9 Å². The van der Waals surface area contributed by atoms with Crippen molar-refractivity contribution in [2.75, 3.05) is 24.7 Å². The second-order valence-electron chi connectivity index (χ2n) is 4.82. The Hall–Kier alpha value is -1.46. The largest absolute Gasteiger partial charge is 0.478 e. The van der Waals surface area contributed by atoms with Crippen LogP contribution in [-0.4, -0.2) is 30.3 Å². The Morgan fingerprint density at radius 1 is 1.58 bits per heavy atom. The lowest BCUT2D eigenvalue weighted by Crippen LogP contribution is -2.45. The molecule has 1 aromatic rings. The number of carboxylic acid groups (broad SMARTS) is 1. The summed E-state index contributed by atoms with van der Waals surface area (Å²) in [4.78, 5) is 11.2. The molecule has 1 saturated carbocycles. The van der Waals surface area contributed by atoms with Crippen LogP contribution in [0, 0.1) is 0 Å². The zero-order valence-electron chi connectivity index (χ0n) is 10.7. The van der Waals surface area contributed by atoms with Gasteiger partial charge in [0.05, 0.1) is 21.9 Å². The van der Waals surface area contributed by atoms with Gasteiger partial charge in [0.15, 0.2) is 0 Å². The Kier molecular flexibility index (Phi) is 3.87. The molecule has 0 spiro atoms. The minimum absolute atomic E-state index is 0.0792. The van der Waals surface area contributed by atoms with Gasteiger partial charge >= 0.3 is 5.97 Å². The Morgan fingerprint density at radius 2 is 2.26 bits per heavy atom. The van der Waals surface area contributed by atoms with Crippen molar-refractivity contribution in [1.29, 1.82) is 0 Å². The average molecular weight is 285 g/mol. The monoisotopic (exact) mass is 284 g/mol. The van der Waals surface area contributed by atoms with Gasteiger partial charge in [-0.2, -0.15) is 0 Å². The van der Waals surface area contributed by atoms with E-state index >= 15 is 0 Å². The predicted octanol–water partition coefficient (Wildman–Crippen LogP) is 2.60. The summed E-state index contributed by atoms with van der Waals surface area (Å²) in [7, 11) is 1.67. The molecule has 1 aliphatic rings. The molecule has 2 rings (SSSR count). The Bertz CT molecular complexity index is 495. The van der Waals surface area contributed by atoms with Gasteiger partial charge in [0.1, 0.15) is 0 Å². The number of methoxy groups -OCH3 is 1. The summed E-state index contributed by atoms with van der Waals surface area (Å²) in [6.45, 7) is 0.535. The summed E-state index contributed by atoms with van der Waals surface area (Å²) in [5, 5.41) is 12.6. The summed E-state index contributed by atoms with van der Waals surface area (Å²) in [6.07, 6.45) is 3.05. The number of nitrogens with two attached hydrogens (primary N) is 1. The van der Waals surface area contributed by atoms with Gasteiger partial charge in [0.25, 0.3) is 0 Å². The van der Waals surface area contributed by atoms with E-state index in [1.807, 2.05) is 0 Å². The molecule has 0 aromatic heterocycles. The van der Waals surface area contributed by atoms with E-state index in [4.69, 9.17) is 22.1 Å². The molecule has 1 aromatic carbocycles. The summed E-state index contributed by atoms with van der Waals surface area (Å²) < 4.78 is 5.48. The molecule has 0 heterocycles. The fraction of sp³-hybridized carbons (Fsp3) is 0.462. The van der Waals surface area contributed by atoms with Crippen LogP contribution >= 0.6 is 11.6 Å². The van der Waals surface area contributed by atoms with E-state index < -0.39 is 5.97 Å². The molecular weight excluding hydrogens is 268 g/mol. The van der Waals surface area contributed by atoms with Crippen molar-refractivity contribution >= 4 is 28.9 Å². The van der Waals surface area contributed by atoms with E-state index in [2.05, 4.69) is 5.32 Å². The fourth-order valence-corrected chi connectivity index (χ4v) is 2.54. The van der Waals surface area contributed by atoms with Crippen LogP contribution < -0.4 is 11.1 Å². The third-order valence-corrected chi connectivity index (χ3v) is 3.93. The standard InChI is InChI=1S/C13H17ClN2O3/c1-19-13(3-2-4-13)7-16-11-9(12(17)18)5-8(15)6-10(11)14/h5-6,16H,2-4,7,15H2,1H3,(H,17,18). The highest BCUT2D eigenvalue weighted by Crippen LogP contribution is 2.36. The van der Waals surface area contributed by atoms with Gasteiger partial charge in [-0.25, -0.2) is 4.79 Å². The van der Waals surface area contributed by atoms with Crippen LogP contribution in [0.4, 0.5) is 11.4 Å². The highest BCUT2D eigenvalue weighted by molar-refractivity contribution is 6.34. The van der Waals surface area contributed by atoms with E-state index in [1.165, 1.54) is 12.1 Å². The molecule has 0 radical (unpaired) electrons. The van der Waals surface area contributed by atoms with E-state index in [0.717, 1.165) is 19.3 Å². The normalized spacial score (nSPS) is 16.7. The number of ether oxygens (including phenoxy) is 1. The van der Waals surface area contributed by atoms with Crippen molar-refractivity contribution in [3.63, 3.8) is 0 Å². The van der Waals surface area contributed by atoms with Crippen molar-refractivity contribution in [3.05, 3.63) is 22.7 Å². The second-order valence-corrected chi connectivity index (χ2v) is 5.23. The van der Waals surface area contributed by atoms with Gasteiger partial charge in [-0.15, -0.1) is 0 Å². The molecule has 6 heteroatoms. The minimum Gasteiger partial charge on any atom is -0.478 e. The topological polar surface area (TPSA) is 84.6 Å². The van der Waals surface area contributed by atoms with Crippen molar-refractivity contribution in [1.82, 2.24) is 0 Å². The van der Waals surface area contributed by atoms with Gasteiger partial charge in [0.2, 0.25) is 0 Å². The maximum absolute atomic E-state index is 11.2. The number of hydrogen-bond acceptors (Lipinski definition) is 4. The van der Waals surface area contributed by atoms with Crippen molar-refractivity contribution in [3.8, 4) is 0 Å². The van der Waals surface area contributed by atoms with E-state index in [-0.39, 0.29) is 11.2 Å². The van der Waals surface area contributed by atoms with Crippen LogP contribution in [-0.2, 0) is 4.74 Å². The molecule has 5 nitrogen and oxygen atoms in total. The van der Waals surface area contributed by atoms with Crippen LogP contribution in [0.2, 0.25) is 5.02 Å². The molecule has 0 bridgehead atoms. The summed E-state index contributed by atoms with van der Waals surface area (Å²) in [5.41, 5.74) is 6.21. The van der Waals surface area contributed by atoms with Gasteiger partial charge in [-0.1, -0.05) is 11.6 Å². The number of nitrogens with one attached hydrogen (secondary N) is 1. The maximum atomic E-state index is 11.2. The predicted molar refractivity (Wildman–Crippen MR) is 74.9 cm³/mol. The first-order valence-electron chi connectivity index (χ1n) is 6.09. The SMILES string of the molecule is COC1(CNc2c(Cl)cc(N)cc2C(=O)O)CCC1. The lowest BCUT2D eigenvalue weighted by atomic mass is 9.80. The Morgan fingerprint density at radius 3 is 2.74 bits per heavy atom. The Balaban J connectivity index is 2.22. The average Bonchev–Trinajstić information content (AvgIpc) is 2.29. The second kappa shape index (κ2) is 5.27. The molecule has 0 atom stereocenters. The van der Waals surface area contributed by atoms with Gasteiger partial charge in [-0.3, -0.25) is 0 Å². The van der Waals surface area contributed by atoms with Crippen molar-refractivity contribution in [2.45, 2.75) is 24.9 Å². The first-order chi connectivity index (χ1) is 8.97. The van der Waals surface area contributed by atoms with Gasteiger partial charge in [-0.05, 0) is 31.4 Å². The number of carbonyl (C=O) groups is 1. The number of benzene rings is 1. The highest BCUT2D eigenvalue weighted by atomic mass is 35.5. The number of halogens is 1. The minimum atomic E-state index is -1.06. The molecule has 104 valence electrons. The molecule has 4 N–H and O–H groups in total. The number of nitrogen functional groups attached to an aromatic ring is 1. The zero-order valence-corrected chi connectivity index (χ0v) is 11.5. The molecule has 19 heavy (non-hydrogen) atoms. The number of carboxylic acids is 1. The molecule has 0 aliphatic heterocycles. The number of anilines is 2. The molecular formula is C13H17ClN2O3.